The van der Waals surface area contributed by atoms with Crippen molar-refractivity contribution in [1.82, 2.24) is 10.2 Å². The van der Waals surface area contributed by atoms with E-state index in [-0.39, 0.29) is 24.2 Å². The van der Waals surface area contributed by atoms with Crippen LogP contribution in [0.1, 0.15) is 51.5 Å². The van der Waals surface area contributed by atoms with Gasteiger partial charge in [-0.15, -0.1) is 0 Å². The van der Waals surface area contributed by atoms with Gasteiger partial charge in [0.1, 0.15) is 25.8 Å². The molecule has 0 aromatic heterocycles. The summed E-state index contributed by atoms with van der Waals surface area (Å²) in [5, 5.41) is 3.65. The monoisotopic (exact) mass is 577 g/mol. The number of nitrogens with zero attached hydrogens (tertiary/aromatic N) is 2. The van der Waals surface area contributed by atoms with Crippen molar-refractivity contribution < 1.29 is 27.5 Å². The lowest BCUT2D eigenvalue weighted by atomic mass is 9.95. The van der Waals surface area contributed by atoms with Gasteiger partial charge >= 0.3 is 0 Å². The number of nitrogens with one attached hydrogen (secondary N) is 1. The molecule has 1 atom stereocenters. The molecule has 1 aliphatic carbocycles. The van der Waals surface area contributed by atoms with Crippen molar-refractivity contribution in [2.75, 3.05) is 29.8 Å². The van der Waals surface area contributed by atoms with Gasteiger partial charge in [0.25, 0.3) is 0 Å². The zero-order valence-corrected chi connectivity index (χ0v) is 24.0. The molecule has 1 N–H and O–H groups in total. The Balaban J connectivity index is 1.61. The predicted molar refractivity (Wildman–Crippen MR) is 151 cm³/mol. The van der Waals surface area contributed by atoms with Gasteiger partial charge in [-0.25, -0.2) is 8.42 Å². The van der Waals surface area contributed by atoms with Crippen LogP contribution in [0.4, 0.5) is 5.69 Å². The first-order valence-corrected chi connectivity index (χ1v) is 15.4. The van der Waals surface area contributed by atoms with Crippen molar-refractivity contribution in [2.24, 2.45) is 0 Å². The minimum atomic E-state index is -3.84. The predicted octanol–water partition coefficient (Wildman–Crippen LogP) is 4.13. The lowest BCUT2D eigenvalue weighted by molar-refractivity contribution is -0.139. The van der Waals surface area contributed by atoms with E-state index in [2.05, 4.69) is 5.32 Å². The second-order valence-corrected chi connectivity index (χ2v) is 12.5. The number of carbonyl (C=O) groups excluding carboxylic acids is 2. The van der Waals surface area contributed by atoms with Crippen molar-refractivity contribution in [1.29, 1.82) is 0 Å². The summed E-state index contributed by atoms with van der Waals surface area (Å²) in [6, 6.07) is 11.1. The molecule has 0 radical (unpaired) electrons. The molecule has 1 unspecified atom stereocenters. The molecule has 39 heavy (non-hydrogen) atoms. The van der Waals surface area contributed by atoms with Gasteiger partial charge in [-0.1, -0.05) is 43.0 Å². The summed E-state index contributed by atoms with van der Waals surface area (Å²) in [6.45, 7) is 3.60. The SMILES string of the molecule is CCS(=O)(=O)N(CC(=O)N(Cc1ccc(Cl)cc1)C(C)C(=O)NC1CCCCC1)c1ccc2c(c1)OCCO2. The van der Waals surface area contributed by atoms with Crippen LogP contribution in [0, 0.1) is 0 Å². The number of benzene rings is 2. The van der Waals surface area contributed by atoms with Crippen molar-refractivity contribution in [3.05, 3.63) is 53.1 Å². The number of rotatable bonds is 10. The highest BCUT2D eigenvalue weighted by Gasteiger charge is 2.32. The number of anilines is 1. The van der Waals surface area contributed by atoms with Crippen molar-refractivity contribution in [3.63, 3.8) is 0 Å². The number of carbonyl (C=O) groups is 2. The third kappa shape index (κ3) is 7.36. The van der Waals surface area contributed by atoms with Crippen molar-refractivity contribution >= 4 is 39.1 Å². The van der Waals surface area contributed by atoms with E-state index in [1.54, 1.807) is 49.4 Å². The summed E-state index contributed by atoms with van der Waals surface area (Å²) in [4.78, 5) is 28.6. The quantitative estimate of drug-likeness (QED) is 0.455. The van der Waals surface area contributed by atoms with E-state index in [1.807, 2.05) is 0 Å². The number of amides is 2. The summed E-state index contributed by atoms with van der Waals surface area (Å²) in [5.41, 5.74) is 1.06. The Morgan fingerprint density at radius 3 is 2.36 bits per heavy atom. The Hall–Kier alpha value is -2.98. The molecule has 1 aliphatic heterocycles. The molecule has 0 bridgehead atoms. The van der Waals surface area contributed by atoms with Gasteiger partial charge in [-0.3, -0.25) is 13.9 Å². The topological polar surface area (TPSA) is 105 Å². The molecule has 1 saturated carbocycles. The van der Waals surface area contributed by atoms with Gasteiger partial charge < -0.3 is 19.7 Å². The van der Waals surface area contributed by atoms with Crippen LogP contribution in [0.25, 0.3) is 0 Å². The molecule has 2 aliphatic rings. The first-order valence-electron chi connectivity index (χ1n) is 13.4. The summed E-state index contributed by atoms with van der Waals surface area (Å²) in [5.74, 6) is -0.0243. The molecule has 212 valence electrons. The summed E-state index contributed by atoms with van der Waals surface area (Å²) >= 11 is 6.05. The Morgan fingerprint density at radius 2 is 1.69 bits per heavy atom. The lowest BCUT2D eigenvalue weighted by Gasteiger charge is -2.33. The van der Waals surface area contributed by atoms with Crippen LogP contribution in [0.3, 0.4) is 0 Å². The number of fused-ring (bicyclic) bond motifs is 1. The molecule has 4 rings (SSSR count). The molecule has 0 spiro atoms. The average molecular weight is 578 g/mol. The van der Waals surface area contributed by atoms with E-state index < -0.39 is 28.5 Å². The van der Waals surface area contributed by atoms with E-state index in [4.69, 9.17) is 21.1 Å². The normalized spacial score (nSPS) is 16.3. The Labute approximate surface area is 235 Å². The van der Waals surface area contributed by atoms with Gasteiger partial charge in [0, 0.05) is 23.7 Å². The Kier molecular flexibility index (Phi) is 9.61. The van der Waals surface area contributed by atoms with Crippen molar-refractivity contribution in [2.45, 2.75) is 64.6 Å². The van der Waals surface area contributed by atoms with Crippen LogP contribution in [-0.2, 0) is 26.2 Å². The van der Waals surface area contributed by atoms with Gasteiger partial charge in [-0.05, 0) is 56.5 Å². The average Bonchev–Trinajstić information content (AvgIpc) is 2.95. The zero-order valence-electron chi connectivity index (χ0n) is 22.4. The van der Waals surface area contributed by atoms with E-state index in [0.717, 1.165) is 42.0 Å². The van der Waals surface area contributed by atoms with Crippen LogP contribution < -0.4 is 19.1 Å². The molecule has 1 fully saturated rings. The van der Waals surface area contributed by atoms with E-state index in [9.17, 15) is 18.0 Å². The highest BCUT2D eigenvalue weighted by atomic mass is 35.5. The smallest absolute Gasteiger partial charge is 0.244 e. The first-order chi connectivity index (χ1) is 18.7. The van der Waals surface area contributed by atoms with Gasteiger partial charge in [0.15, 0.2) is 11.5 Å². The summed E-state index contributed by atoms with van der Waals surface area (Å²) < 4.78 is 38.6. The number of ether oxygens (including phenoxy) is 2. The number of sulfonamides is 1. The highest BCUT2D eigenvalue weighted by molar-refractivity contribution is 7.92. The van der Waals surface area contributed by atoms with Gasteiger partial charge in [0.05, 0.1) is 11.4 Å². The van der Waals surface area contributed by atoms with E-state index in [1.165, 1.54) is 11.8 Å². The third-order valence-corrected chi connectivity index (χ3v) is 9.17. The fraction of sp³-hybridized carbons (Fsp3) is 0.500. The molecule has 2 aromatic rings. The third-order valence-electron chi connectivity index (χ3n) is 7.18. The van der Waals surface area contributed by atoms with Crippen molar-refractivity contribution in [3.8, 4) is 11.5 Å². The molecule has 2 aromatic carbocycles. The fourth-order valence-electron chi connectivity index (χ4n) is 4.84. The number of hydrogen-bond donors (Lipinski definition) is 1. The van der Waals surface area contributed by atoms with E-state index >= 15 is 0 Å². The number of halogens is 1. The van der Waals surface area contributed by atoms with Crippen LogP contribution in [0.2, 0.25) is 5.02 Å². The standard InChI is InChI=1S/C28H36ClN3O6S/c1-3-39(35,36)32(24-13-14-25-26(17-24)38-16-15-37-25)19-27(33)31(18-21-9-11-22(29)12-10-21)20(2)28(34)30-23-7-5-4-6-8-23/h9-14,17,20,23H,3-8,15-16,18-19H2,1-2H3,(H,30,34). The minimum absolute atomic E-state index is 0.0795. The Morgan fingerprint density at radius 1 is 1.03 bits per heavy atom. The Bertz CT molecular complexity index is 1260. The molecule has 9 nitrogen and oxygen atoms in total. The summed E-state index contributed by atoms with van der Waals surface area (Å²) in [7, 11) is -3.84. The van der Waals surface area contributed by atoms with E-state index in [0.29, 0.717) is 35.4 Å². The molecular weight excluding hydrogens is 542 g/mol. The van der Waals surface area contributed by atoms with Crippen LogP contribution in [-0.4, -0.2) is 62.7 Å². The van der Waals surface area contributed by atoms with Gasteiger partial charge in [-0.2, -0.15) is 0 Å². The summed E-state index contributed by atoms with van der Waals surface area (Å²) in [6.07, 6.45) is 5.11. The maximum absolute atomic E-state index is 13.8. The number of hydrogen-bond acceptors (Lipinski definition) is 6. The van der Waals surface area contributed by atoms with Crippen LogP contribution in [0.15, 0.2) is 42.5 Å². The molecule has 1 heterocycles. The fourth-order valence-corrected chi connectivity index (χ4v) is 6.02. The van der Waals surface area contributed by atoms with Crippen LogP contribution >= 0.6 is 11.6 Å². The molecule has 0 saturated heterocycles. The molecule has 2 amide bonds. The van der Waals surface area contributed by atoms with Crippen LogP contribution in [0.5, 0.6) is 11.5 Å². The second kappa shape index (κ2) is 12.9. The minimum Gasteiger partial charge on any atom is -0.486 e. The first kappa shape index (κ1) is 29.0. The lowest BCUT2D eigenvalue weighted by Crippen LogP contribution is -2.53. The second-order valence-electron chi connectivity index (χ2n) is 9.90. The molecule has 11 heteroatoms. The molecular formula is C28H36ClN3O6S. The zero-order chi connectivity index (χ0) is 28.0. The maximum atomic E-state index is 13.8. The highest BCUT2D eigenvalue weighted by Crippen LogP contribution is 2.35. The maximum Gasteiger partial charge on any atom is 0.244 e. The largest absolute Gasteiger partial charge is 0.486 e. The van der Waals surface area contributed by atoms with Gasteiger partial charge in [0.2, 0.25) is 21.8 Å².